The number of piperidine rings is 1. The minimum absolute atomic E-state index is 0.0838. The number of hydrogen-bond donors (Lipinski definition) is 4. The number of likely N-dealkylation sites (tertiary alicyclic amines) is 1. The molecule has 13 heteroatoms. The molecule has 5 atom stereocenters. The van der Waals surface area contributed by atoms with E-state index in [-0.39, 0.29) is 34.8 Å². The number of amides is 5. The van der Waals surface area contributed by atoms with Crippen molar-refractivity contribution in [1.82, 2.24) is 26.2 Å². The number of carbonyl (C=O) groups is 5. The molecular formula is C37H61N5O7S. The minimum atomic E-state index is -3.56. The van der Waals surface area contributed by atoms with Crippen molar-refractivity contribution in [2.45, 2.75) is 153 Å². The van der Waals surface area contributed by atoms with Crippen LogP contribution < -0.4 is 21.3 Å². The van der Waals surface area contributed by atoms with Gasteiger partial charge in [-0.2, -0.15) is 0 Å². The smallest absolute Gasteiger partial charge is 0.315 e. The van der Waals surface area contributed by atoms with Gasteiger partial charge in [0.15, 0.2) is 9.84 Å². The molecular weight excluding hydrogens is 659 g/mol. The summed E-state index contributed by atoms with van der Waals surface area (Å²) in [6.45, 7) is 11.6. The first kappa shape index (κ1) is 38.5. The second kappa shape index (κ2) is 14.0. The zero-order valence-electron chi connectivity index (χ0n) is 31.3. The Hall–Kier alpha value is -2.70. The quantitative estimate of drug-likeness (QED) is 0.223. The Morgan fingerprint density at radius 2 is 1.44 bits per heavy atom. The molecule has 1 saturated heterocycles. The highest BCUT2D eigenvalue weighted by molar-refractivity contribution is 7.92. The Balaban J connectivity index is 1.40. The van der Waals surface area contributed by atoms with E-state index in [0.29, 0.717) is 25.8 Å². The number of ketones is 1. The largest absolute Gasteiger partial charge is 0.353 e. The maximum Gasteiger partial charge on any atom is 0.315 e. The first-order valence-electron chi connectivity index (χ1n) is 18.9. The van der Waals surface area contributed by atoms with E-state index in [0.717, 1.165) is 64.2 Å². The summed E-state index contributed by atoms with van der Waals surface area (Å²) in [5, 5.41) is 11.4. The van der Waals surface area contributed by atoms with Gasteiger partial charge in [0, 0.05) is 13.6 Å². The van der Waals surface area contributed by atoms with Crippen molar-refractivity contribution in [3.8, 4) is 0 Å². The van der Waals surface area contributed by atoms with Crippen molar-refractivity contribution in [2.24, 2.45) is 28.6 Å². The lowest BCUT2D eigenvalue weighted by atomic mass is 9.70. The molecule has 0 unspecified atom stereocenters. The lowest BCUT2D eigenvalue weighted by molar-refractivity contribution is -0.146. The fraction of sp³-hybridized carbons (Fsp3) is 0.865. The molecule has 1 heterocycles. The molecule has 0 bridgehead atoms. The van der Waals surface area contributed by atoms with Gasteiger partial charge in [0.05, 0.1) is 22.1 Å². The molecule has 0 aromatic rings. The highest BCUT2D eigenvalue weighted by Crippen LogP contribution is 2.65. The molecule has 50 heavy (non-hydrogen) atoms. The van der Waals surface area contributed by atoms with Crippen molar-refractivity contribution >= 4 is 39.4 Å². The molecule has 0 aromatic carbocycles. The Kier molecular flexibility index (Phi) is 10.8. The third kappa shape index (κ3) is 7.87. The van der Waals surface area contributed by atoms with E-state index in [1.807, 2.05) is 6.92 Å². The molecule has 1 aliphatic heterocycles. The number of Topliss-reactive ketones (excluding diaryl/α,β-unsaturated/α-hetero) is 1. The van der Waals surface area contributed by atoms with E-state index >= 15 is 0 Å². The van der Waals surface area contributed by atoms with E-state index in [1.54, 1.807) is 25.7 Å². The summed E-state index contributed by atoms with van der Waals surface area (Å²) in [6.07, 6.45) is 10.2. The molecule has 4 saturated carbocycles. The highest BCUT2D eigenvalue weighted by Gasteiger charge is 2.70. The van der Waals surface area contributed by atoms with Crippen LogP contribution in [0.3, 0.4) is 0 Å². The van der Waals surface area contributed by atoms with Crippen LogP contribution in [0.5, 0.6) is 0 Å². The maximum atomic E-state index is 14.8. The first-order valence-corrected chi connectivity index (χ1v) is 20.6. The fourth-order valence-corrected chi connectivity index (χ4v) is 10.7. The summed E-state index contributed by atoms with van der Waals surface area (Å²) in [5.41, 5.74) is -1.70. The monoisotopic (exact) mass is 719 g/mol. The van der Waals surface area contributed by atoms with Gasteiger partial charge in [0.1, 0.15) is 12.1 Å². The van der Waals surface area contributed by atoms with Crippen LogP contribution >= 0.6 is 0 Å². The van der Waals surface area contributed by atoms with Crippen LogP contribution in [0.1, 0.15) is 125 Å². The zero-order chi connectivity index (χ0) is 36.9. The Labute approximate surface area is 298 Å². The van der Waals surface area contributed by atoms with E-state index in [4.69, 9.17) is 0 Å². The highest BCUT2D eigenvalue weighted by atomic mass is 32.2. The zero-order valence-corrected chi connectivity index (χ0v) is 32.1. The van der Waals surface area contributed by atoms with Crippen LogP contribution in [0.15, 0.2) is 0 Å². The molecule has 5 rings (SSSR count). The summed E-state index contributed by atoms with van der Waals surface area (Å²) in [6, 6.07) is -3.32. The number of carbonyl (C=O) groups excluding carboxylic acids is 5. The van der Waals surface area contributed by atoms with Crippen LogP contribution in [0, 0.1) is 28.6 Å². The molecule has 5 amide bonds. The number of hydrogen-bond acceptors (Lipinski definition) is 7. The van der Waals surface area contributed by atoms with Crippen molar-refractivity contribution < 1.29 is 32.4 Å². The lowest BCUT2D eigenvalue weighted by Crippen LogP contribution is -2.65. The topological polar surface area (TPSA) is 171 Å². The summed E-state index contributed by atoms with van der Waals surface area (Å²) in [7, 11) is -2.17. The molecule has 4 N–H and O–H groups in total. The standard InChI is InChI=1S/C37H61N5O7S/c1-34(2,3)50(48,49)22-37(18-12-9-13-19-37)41-33(47)40-29(36(6)16-10-8-11-17-36)32(46)42-21-24-26(35(24,4)5)27(42)30(44)39-25(20-23-14-15-23)28(43)31(45)38-7/h23-27,29H,8-22H2,1-7H3,(H,38,45)(H,39,44)(H2,40,41,47)/t24-,25-,26-,27-,29+/m0/s1. The molecule has 12 nitrogen and oxygen atoms in total. The average Bonchev–Trinajstić information content (AvgIpc) is 3.89. The fourth-order valence-electron chi connectivity index (χ4n) is 9.14. The van der Waals surface area contributed by atoms with Gasteiger partial charge in [-0.25, -0.2) is 13.2 Å². The predicted molar refractivity (Wildman–Crippen MR) is 191 cm³/mol. The summed E-state index contributed by atoms with van der Waals surface area (Å²) in [5.74, 6) is -2.15. The molecule has 0 spiro atoms. The molecule has 0 aromatic heterocycles. The van der Waals surface area contributed by atoms with E-state index in [2.05, 4.69) is 35.1 Å². The van der Waals surface area contributed by atoms with Crippen molar-refractivity contribution in [2.75, 3.05) is 19.3 Å². The Morgan fingerprint density at radius 3 is 1.98 bits per heavy atom. The third-order valence-corrected chi connectivity index (χ3v) is 15.7. The minimum Gasteiger partial charge on any atom is -0.353 e. The van der Waals surface area contributed by atoms with Crippen LogP contribution in [0.4, 0.5) is 4.79 Å². The molecule has 0 radical (unpaired) electrons. The second-order valence-electron chi connectivity index (χ2n) is 18.0. The number of nitrogens with zero attached hydrogens (tertiary/aromatic N) is 1. The number of likely N-dealkylation sites (N-methyl/N-ethyl adjacent to an activating group) is 1. The Morgan fingerprint density at radius 1 is 0.860 bits per heavy atom. The Bertz CT molecular complexity index is 1450. The van der Waals surface area contributed by atoms with Gasteiger partial charge in [0.25, 0.3) is 5.91 Å². The molecule has 5 aliphatic rings. The number of rotatable bonds is 12. The van der Waals surface area contributed by atoms with Gasteiger partial charge in [-0.15, -0.1) is 0 Å². The van der Waals surface area contributed by atoms with Crippen LogP contribution in [0.25, 0.3) is 0 Å². The van der Waals surface area contributed by atoms with Crippen molar-refractivity contribution in [1.29, 1.82) is 0 Å². The summed E-state index contributed by atoms with van der Waals surface area (Å²) >= 11 is 0. The van der Waals surface area contributed by atoms with Crippen molar-refractivity contribution in [3.63, 3.8) is 0 Å². The molecule has 4 aliphatic carbocycles. The van der Waals surface area contributed by atoms with Crippen LogP contribution in [-0.4, -0.2) is 90.6 Å². The maximum absolute atomic E-state index is 14.8. The SMILES string of the molecule is CNC(=O)C(=O)[C@H](CC1CC1)NC(=O)[C@@H]1[C@@H]2[C@H](CN1C(=O)[C@@H](NC(=O)NC1(CS(=O)(=O)C(C)(C)C)CCCCC1)C1(C)CCCCC1)C2(C)C. The third-order valence-electron chi connectivity index (χ3n) is 12.9. The van der Waals surface area contributed by atoms with E-state index < -0.39 is 67.3 Å². The van der Waals surface area contributed by atoms with Crippen LogP contribution in [-0.2, 0) is 29.0 Å². The normalized spacial score (nSPS) is 28.0. The lowest BCUT2D eigenvalue weighted by Gasteiger charge is -2.44. The molecule has 5 fully saturated rings. The van der Waals surface area contributed by atoms with Gasteiger partial charge < -0.3 is 26.2 Å². The number of sulfone groups is 1. The van der Waals surface area contributed by atoms with E-state index in [9.17, 15) is 32.4 Å². The van der Waals surface area contributed by atoms with Gasteiger partial charge in [0.2, 0.25) is 17.6 Å². The van der Waals surface area contributed by atoms with Gasteiger partial charge in [-0.1, -0.05) is 72.1 Å². The van der Waals surface area contributed by atoms with Gasteiger partial charge in [-0.3, -0.25) is 19.2 Å². The van der Waals surface area contributed by atoms with Gasteiger partial charge >= 0.3 is 6.03 Å². The number of fused-ring (bicyclic) bond motifs is 1. The summed E-state index contributed by atoms with van der Waals surface area (Å²) < 4.78 is 25.9. The van der Waals surface area contributed by atoms with Gasteiger partial charge in [-0.05, 0) is 81.5 Å². The number of urea groups is 1. The second-order valence-corrected chi connectivity index (χ2v) is 20.8. The number of nitrogens with one attached hydrogen (secondary N) is 4. The first-order chi connectivity index (χ1) is 23.3. The van der Waals surface area contributed by atoms with Crippen molar-refractivity contribution in [3.05, 3.63) is 0 Å². The van der Waals surface area contributed by atoms with E-state index in [1.165, 1.54) is 7.05 Å². The predicted octanol–water partition coefficient (Wildman–Crippen LogP) is 3.62. The molecule has 282 valence electrons. The summed E-state index contributed by atoms with van der Waals surface area (Å²) in [4.78, 5) is 70.1. The van der Waals surface area contributed by atoms with Crippen LogP contribution in [0.2, 0.25) is 0 Å². The average molecular weight is 720 g/mol.